The molecule has 3 nitrogen and oxygen atoms in total. The van der Waals surface area contributed by atoms with Crippen molar-refractivity contribution in [2.24, 2.45) is 0 Å². The Hall–Kier alpha value is -0.120. The van der Waals surface area contributed by atoms with Crippen LogP contribution < -0.4 is 5.32 Å². The summed E-state index contributed by atoms with van der Waals surface area (Å²) in [5.41, 5.74) is 0.242. The lowest BCUT2D eigenvalue weighted by Gasteiger charge is -2.41. The first kappa shape index (κ1) is 12.9. The van der Waals surface area contributed by atoms with Gasteiger partial charge in [-0.15, -0.1) is 0 Å². The van der Waals surface area contributed by atoms with E-state index in [0.717, 1.165) is 19.5 Å². The SMILES string of the molecule is CCC(C)N1CC(CO)NCCC1(C)C. The van der Waals surface area contributed by atoms with Crippen LogP contribution in [0.5, 0.6) is 0 Å². The van der Waals surface area contributed by atoms with Crippen LogP contribution in [-0.4, -0.2) is 47.3 Å². The molecule has 0 saturated carbocycles. The maximum Gasteiger partial charge on any atom is 0.0597 e. The molecule has 0 aliphatic carbocycles. The lowest BCUT2D eigenvalue weighted by atomic mass is 9.96. The first-order valence-corrected chi connectivity index (χ1v) is 6.12. The van der Waals surface area contributed by atoms with Gasteiger partial charge in [-0.1, -0.05) is 6.92 Å². The number of hydrogen-bond donors (Lipinski definition) is 2. The second-order valence-corrected chi connectivity index (χ2v) is 5.31. The Bertz CT molecular complexity index is 194. The fourth-order valence-electron chi connectivity index (χ4n) is 2.39. The molecule has 90 valence electrons. The van der Waals surface area contributed by atoms with E-state index in [2.05, 4.69) is 37.9 Å². The molecule has 0 aromatic carbocycles. The molecular formula is C12H26N2O. The zero-order valence-electron chi connectivity index (χ0n) is 10.6. The van der Waals surface area contributed by atoms with Gasteiger partial charge in [0.25, 0.3) is 0 Å². The van der Waals surface area contributed by atoms with Crippen molar-refractivity contribution < 1.29 is 5.11 Å². The topological polar surface area (TPSA) is 35.5 Å². The van der Waals surface area contributed by atoms with Gasteiger partial charge < -0.3 is 10.4 Å². The van der Waals surface area contributed by atoms with E-state index in [9.17, 15) is 5.11 Å². The molecule has 0 spiro atoms. The molecule has 0 aromatic heterocycles. The van der Waals surface area contributed by atoms with Crippen molar-refractivity contribution in [3.63, 3.8) is 0 Å². The molecule has 3 heteroatoms. The first-order chi connectivity index (χ1) is 7.01. The second-order valence-electron chi connectivity index (χ2n) is 5.31. The molecule has 2 N–H and O–H groups in total. The number of nitrogens with zero attached hydrogens (tertiary/aromatic N) is 1. The number of rotatable bonds is 3. The van der Waals surface area contributed by atoms with Gasteiger partial charge in [0, 0.05) is 24.2 Å². The molecule has 1 rings (SSSR count). The average molecular weight is 214 g/mol. The molecule has 1 heterocycles. The van der Waals surface area contributed by atoms with E-state index < -0.39 is 0 Å². The van der Waals surface area contributed by atoms with E-state index >= 15 is 0 Å². The fraction of sp³-hybridized carbons (Fsp3) is 1.00. The molecule has 1 saturated heterocycles. The van der Waals surface area contributed by atoms with Crippen molar-refractivity contribution in [3.8, 4) is 0 Å². The van der Waals surface area contributed by atoms with Gasteiger partial charge in [-0.05, 0) is 40.2 Å². The highest BCUT2D eigenvalue weighted by molar-refractivity contribution is 4.91. The molecule has 15 heavy (non-hydrogen) atoms. The van der Waals surface area contributed by atoms with E-state index in [1.807, 2.05) is 0 Å². The van der Waals surface area contributed by atoms with Crippen molar-refractivity contribution in [2.75, 3.05) is 19.7 Å². The summed E-state index contributed by atoms with van der Waals surface area (Å²) >= 11 is 0. The third-order valence-corrected chi connectivity index (χ3v) is 3.71. The Morgan fingerprint density at radius 1 is 1.53 bits per heavy atom. The van der Waals surface area contributed by atoms with Gasteiger partial charge in [0.1, 0.15) is 0 Å². The maximum absolute atomic E-state index is 9.27. The molecule has 1 aliphatic rings. The Balaban J connectivity index is 2.74. The predicted octanol–water partition coefficient (Wildman–Crippen LogP) is 1.22. The monoisotopic (exact) mass is 214 g/mol. The zero-order chi connectivity index (χ0) is 11.5. The summed E-state index contributed by atoms with van der Waals surface area (Å²) in [5, 5.41) is 12.7. The summed E-state index contributed by atoms with van der Waals surface area (Å²) in [7, 11) is 0. The van der Waals surface area contributed by atoms with Gasteiger partial charge >= 0.3 is 0 Å². The van der Waals surface area contributed by atoms with Crippen LogP contribution in [0.15, 0.2) is 0 Å². The highest BCUT2D eigenvalue weighted by Crippen LogP contribution is 2.24. The van der Waals surface area contributed by atoms with Crippen LogP contribution in [0, 0.1) is 0 Å². The molecule has 0 bridgehead atoms. The van der Waals surface area contributed by atoms with Gasteiger partial charge in [-0.3, -0.25) is 4.90 Å². The minimum Gasteiger partial charge on any atom is -0.395 e. The Morgan fingerprint density at radius 3 is 2.73 bits per heavy atom. The maximum atomic E-state index is 9.27. The minimum atomic E-state index is 0.237. The molecule has 2 unspecified atom stereocenters. The van der Waals surface area contributed by atoms with E-state index in [0.29, 0.717) is 6.04 Å². The van der Waals surface area contributed by atoms with Crippen LogP contribution in [0.3, 0.4) is 0 Å². The van der Waals surface area contributed by atoms with Crippen LogP contribution in [0.1, 0.15) is 40.5 Å². The van der Waals surface area contributed by atoms with Crippen molar-refractivity contribution in [1.29, 1.82) is 0 Å². The fourth-order valence-corrected chi connectivity index (χ4v) is 2.39. The molecule has 2 atom stereocenters. The lowest BCUT2D eigenvalue weighted by Crippen LogP contribution is -2.51. The average Bonchev–Trinajstić information content (AvgIpc) is 2.35. The Kier molecular flexibility index (Phi) is 4.56. The third kappa shape index (κ3) is 3.16. The van der Waals surface area contributed by atoms with Crippen LogP contribution in [0.2, 0.25) is 0 Å². The van der Waals surface area contributed by atoms with Crippen molar-refractivity contribution in [2.45, 2.75) is 58.2 Å². The third-order valence-electron chi connectivity index (χ3n) is 3.71. The van der Waals surface area contributed by atoms with Crippen molar-refractivity contribution in [1.82, 2.24) is 10.2 Å². The molecule has 0 radical (unpaired) electrons. The van der Waals surface area contributed by atoms with Crippen molar-refractivity contribution >= 4 is 0 Å². The van der Waals surface area contributed by atoms with Crippen LogP contribution in [0.25, 0.3) is 0 Å². The smallest absolute Gasteiger partial charge is 0.0597 e. The van der Waals surface area contributed by atoms with E-state index in [1.165, 1.54) is 6.42 Å². The highest BCUT2D eigenvalue weighted by Gasteiger charge is 2.33. The summed E-state index contributed by atoms with van der Waals surface area (Å²) in [4.78, 5) is 2.54. The first-order valence-electron chi connectivity index (χ1n) is 6.12. The normalized spacial score (nSPS) is 29.8. The molecule has 1 fully saturated rings. The van der Waals surface area contributed by atoms with Gasteiger partial charge in [0.2, 0.25) is 0 Å². The number of nitrogens with one attached hydrogen (secondary N) is 1. The Morgan fingerprint density at radius 2 is 2.20 bits per heavy atom. The standard InChI is InChI=1S/C12H26N2O/c1-5-10(2)14-8-11(9-15)13-7-6-12(14,3)4/h10-11,13,15H,5-9H2,1-4H3. The molecule has 1 aliphatic heterocycles. The van der Waals surface area contributed by atoms with Gasteiger partial charge in [0.15, 0.2) is 0 Å². The summed E-state index contributed by atoms with van der Waals surface area (Å²) in [5.74, 6) is 0. The van der Waals surface area contributed by atoms with Gasteiger partial charge in [-0.2, -0.15) is 0 Å². The molecule has 0 aromatic rings. The largest absolute Gasteiger partial charge is 0.395 e. The van der Waals surface area contributed by atoms with Gasteiger partial charge in [0.05, 0.1) is 6.61 Å². The minimum absolute atomic E-state index is 0.237. The predicted molar refractivity (Wildman–Crippen MR) is 64.0 cm³/mol. The summed E-state index contributed by atoms with van der Waals surface area (Å²) in [6, 6.07) is 0.828. The quantitative estimate of drug-likeness (QED) is 0.741. The van der Waals surface area contributed by atoms with E-state index in [4.69, 9.17) is 0 Å². The van der Waals surface area contributed by atoms with Crippen molar-refractivity contribution in [3.05, 3.63) is 0 Å². The summed E-state index contributed by atoms with van der Waals surface area (Å²) in [6.07, 6.45) is 2.31. The Labute approximate surface area is 93.9 Å². The zero-order valence-corrected chi connectivity index (χ0v) is 10.6. The van der Waals surface area contributed by atoms with E-state index in [1.54, 1.807) is 0 Å². The number of aliphatic hydroxyl groups excluding tert-OH is 1. The second kappa shape index (κ2) is 5.28. The number of aliphatic hydroxyl groups is 1. The number of hydrogen-bond acceptors (Lipinski definition) is 3. The lowest BCUT2D eigenvalue weighted by molar-refractivity contribution is 0.0667. The summed E-state index contributed by atoms with van der Waals surface area (Å²) < 4.78 is 0. The van der Waals surface area contributed by atoms with E-state index in [-0.39, 0.29) is 18.2 Å². The molecule has 0 amide bonds. The van der Waals surface area contributed by atoms with Gasteiger partial charge in [-0.25, -0.2) is 0 Å². The van der Waals surface area contributed by atoms with Crippen LogP contribution in [0.4, 0.5) is 0 Å². The van der Waals surface area contributed by atoms with Crippen LogP contribution >= 0.6 is 0 Å². The summed E-state index contributed by atoms with van der Waals surface area (Å²) in [6.45, 7) is 11.3. The van der Waals surface area contributed by atoms with Crippen LogP contribution in [-0.2, 0) is 0 Å². The molecular weight excluding hydrogens is 188 g/mol. The highest BCUT2D eigenvalue weighted by atomic mass is 16.3.